The summed E-state index contributed by atoms with van der Waals surface area (Å²) in [6, 6.07) is 16.1. The number of amides is 1. The van der Waals surface area contributed by atoms with E-state index in [0.29, 0.717) is 11.3 Å². The maximum atomic E-state index is 13.0. The second-order valence-electron chi connectivity index (χ2n) is 4.87. The number of carbonyl (C=O) groups excluding carboxylic acids is 1. The molecule has 1 atom stereocenters. The van der Waals surface area contributed by atoms with Crippen LogP contribution >= 0.6 is 0 Å². The number of fused-ring (bicyclic) bond motifs is 1. The lowest BCUT2D eigenvalue weighted by Gasteiger charge is -2.30. The van der Waals surface area contributed by atoms with Gasteiger partial charge in [0.05, 0.1) is 24.4 Å². The minimum Gasteiger partial charge on any atom is -0.496 e. The van der Waals surface area contributed by atoms with Crippen molar-refractivity contribution >= 4 is 17.7 Å². The fourth-order valence-electron chi connectivity index (χ4n) is 2.57. The Labute approximate surface area is 128 Å². The largest absolute Gasteiger partial charge is 0.496 e. The molecule has 0 radical (unpaired) electrons. The topological polar surface area (TPSA) is 53.3 Å². The zero-order valence-electron chi connectivity index (χ0n) is 12.1. The third-order valence-electron chi connectivity index (χ3n) is 3.62. The number of nitrogens with zero attached hydrogens (tertiary/aromatic N) is 2. The average molecular weight is 290 g/mol. The molecule has 2 aromatic rings. The van der Waals surface area contributed by atoms with Gasteiger partial charge in [-0.15, -0.1) is 0 Å². The van der Waals surface area contributed by atoms with Gasteiger partial charge in [-0.25, -0.2) is 0 Å². The van der Waals surface area contributed by atoms with E-state index in [1.54, 1.807) is 30.3 Å². The molecule has 0 fully saturated rings. The maximum absolute atomic E-state index is 13.0. The van der Waals surface area contributed by atoms with Gasteiger partial charge in [0.2, 0.25) is 0 Å². The van der Waals surface area contributed by atoms with Crippen LogP contribution in [0.5, 0.6) is 5.75 Å². The molecule has 22 heavy (non-hydrogen) atoms. The molecule has 1 aliphatic heterocycles. The summed E-state index contributed by atoms with van der Waals surface area (Å²) in [6.45, 7) is 0. The van der Waals surface area contributed by atoms with Gasteiger partial charge in [0.15, 0.2) is 0 Å². The molecule has 4 nitrogen and oxygen atoms in total. The van der Waals surface area contributed by atoms with Crippen LogP contribution in [0.25, 0.3) is 6.08 Å². The van der Waals surface area contributed by atoms with Crippen LogP contribution in [0, 0.1) is 11.3 Å². The molecular weight excluding hydrogens is 276 g/mol. The summed E-state index contributed by atoms with van der Waals surface area (Å²) in [4.78, 5) is 14.5. The average Bonchev–Trinajstić information content (AvgIpc) is 2.60. The van der Waals surface area contributed by atoms with Crippen LogP contribution < -0.4 is 9.64 Å². The summed E-state index contributed by atoms with van der Waals surface area (Å²) in [7, 11) is 1.53. The van der Waals surface area contributed by atoms with Crippen LogP contribution in [0.1, 0.15) is 15.9 Å². The number of methoxy groups -OCH3 is 1. The summed E-state index contributed by atoms with van der Waals surface area (Å²) in [6.07, 6.45) is 3.60. The Morgan fingerprint density at radius 3 is 2.68 bits per heavy atom. The van der Waals surface area contributed by atoms with Crippen LogP contribution in [-0.2, 0) is 0 Å². The molecule has 0 bridgehead atoms. The van der Waals surface area contributed by atoms with Crippen molar-refractivity contribution in [3.05, 3.63) is 65.7 Å². The third-order valence-corrected chi connectivity index (χ3v) is 3.62. The maximum Gasteiger partial charge on any atom is 0.263 e. The highest BCUT2D eigenvalue weighted by molar-refractivity contribution is 6.10. The highest BCUT2D eigenvalue weighted by Gasteiger charge is 2.30. The van der Waals surface area contributed by atoms with Crippen LogP contribution in [0.3, 0.4) is 0 Å². The zero-order chi connectivity index (χ0) is 15.5. The molecule has 0 spiro atoms. The van der Waals surface area contributed by atoms with Gasteiger partial charge < -0.3 is 4.74 Å². The van der Waals surface area contributed by atoms with E-state index in [1.807, 2.05) is 30.3 Å². The lowest BCUT2D eigenvalue weighted by atomic mass is 10.0. The lowest BCUT2D eigenvalue weighted by Crippen LogP contribution is -2.40. The highest BCUT2D eigenvalue weighted by Crippen LogP contribution is 2.31. The normalized spacial score (nSPS) is 15.8. The Hall–Kier alpha value is -3.06. The number of nitriles is 1. The quantitative estimate of drug-likeness (QED) is 0.853. The highest BCUT2D eigenvalue weighted by atomic mass is 16.5. The number of benzene rings is 2. The Morgan fingerprint density at radius 1 is 1.18 bits per heavy atom. The number of anilines is 1. The van der Waals surface area contributed by atoms with Crippen molar-refractivity contribution in [2.45, 2.75) is 6.04 Å². The van der Waals surface area contributed by atoms with Gasteiger partial charge in [-0.05, 0) is 29.8 Å². The van der Waals surface area contributed by atoms with E-state index in [1.165, 1.54) is 12.0 Å². The van der Waals surface area contributed by atoms with E-state index < -0.39 is 6.04 Å². The van der Waals surface area contributed by atoms with Crippen LogP contribution in [0.4, 0.5) is 5.69 Å². The monoisotopic (exact) mass is 290 g/mol. The summed E-state index contributed by atoms with van der Waals surface area (Å²) >= 11 is 0. The lowest BCUT2D eigenvalue weighted by molar-refractivity contribution is 0.0982. The van der Waals surface area contributed by atoms with E-state index in [2.05, 4.69) is 6.07 Å². The molecule has 0 unspecified atom stereocenters. The molecule has 0 aliphatic carbocycles. The molecule has 4 heteroatoms. The smallest absolute Gasteiger partial charge is 0.263 e. The number of rotatable bonds is 2. The fourth-order valence-corrected chi connectivity index (χ4v) is 2.57. The number of carbonyl (C=O) groups is 1. The fraction of sp³-hybridized carbons (Fsp3) is 0.111. The van der Waals surface area contributed by atoms with Crippen LogP contribution in [0.15, 0.2) is 54.6 Å². The molecule has 0 N–H and O–H groups in total. The molecule has 0 aromatic heterocycles. The van der Waals surface area contributed by atoms with Gasteiger partial charge in [0, 0.05) is 0 Å². The first kappa shape index (κ1) is 13.9. The summed E-state index contributed by atoms with van der Waals surface area (Å²) < 4.78 is 5.27. The van der Waals surface area contributed by atoms with Crippen molar-refractivity contribution in [3.8, 4) is 11.8 Å². The number of para-hydroxylation sites is 2. The molecule has 1 heterocycles. The van der Waals surface area contributed by atoms with E-state index in [4.69, 9.17) is 4.74 Å². The van der Waals surface area contributed by atoms with Gasteiger partial charge in [-0.1, -0.05) is 36.4 Å². The molecule has 1 amide bonds. The predicted octanol–water partition coefficient (Wildman–Crippen LogP) is 3.26. The molecule has 3 rings (SSSR count). The summed E-state index contributed by atoms with van der Waals surface area (Å²) in [5.74, 6) is 0.247. The van der Waals surface area contributed by atoms with Gasteiger partial charge >= 0.3 is 0 Å². The van der Waals surface area contributed by atoms with E-state index in [-0.39, 0.29) is 5.91 Å². The zero-order valence-corrected chi connectivity index (χ0v) is 12.1. The van der Waals surface area contributed by atoms with E-state index in [9.17, 15) is 10.1 Å². The van der Waals surface area contributed by atoms with Gasteiger partial charge in [0.1, 0.15) is 11.8 Å². The second kappa shape index (κ2) is 5.74. The van der Waals surface area contributed by atoms with E-state index in [0.717, 1.165) is 11.3 Å². The van der Waals surface area contributed by atoms with Crippen molar-refractivity contribution in [1.82, 2.24) is 0 Å². The van der Waals surface area contributed by atoms with Crippen LogP contribution in [0.2, 0.25) is 0 Å². The van der Waals surface area contributed by atoms with Crippen molar-refractivity contribution in [3.63, 3.8) is 0 Å². The third kappa shape index (κ3) is 2.23. The van der Waals surface area contributed by atoms with Gasteiger partial charge in [-0.2, -0.15) is 5.26 Å². The summed E-state index contributed by atoms with van der Waals surface area (Å²) in [5, 5.41) is 9.38. The standard InChI is InChI=1S/C18H14N2O2/c1-22-17-9-5-3-7-15(17)18(21)20-14(12-19)11-10-13-6-2-4-8-16(13)20/h2-11,14H,1H3/t14-/m1/s1. The molecular formula is C18H14N2O2. The van der Waals surface area contributed by atoms with Gasteiger partial charge in [0.25, 0.3) is 5.91 Å². The first-order chi connectivity index (χ1) is 10.8. The molecule has 2 aromatic carbocycles. The second-order valence-corrected chi connectivity index (χ2v) is 4.87. The minimum atomic E-state index is -0.632. The van der Waals surface area contributed by atoms with Crippen molar-refractivity contribution in [2.24, 2.45) is 0 Å². The predicted molar refractivity (Wildman–Crippen MR) is 84.7 cm³/mol. The number of hydrogen-bond acceptors (Lipinski definition) is 3. The first-order valence-corrected chi connectivity index (χ1v) is 6.89. The number of hydrogen-bond donors (Lipinski definition) is 0. The Morgan fingerprint density at radius 2 is 1.91 bits per heavy atom. The molecule has 0 saturated carbocycles. The Bertz CT molecular complexity index is 790. The Kier molecular flexibility index (Phi) is 3.63. The SMILES string of the molecule is COc1ccccc1C(=O)N1c2ccccc2C=C[C@@H]1C#N. The Balaban J connectivity index is 2.11. The first-order valence-electron chi connectivity index (χ1n) is 6.89. The van der Waals surface area contributed by atoms with Crippen molar-refractivity contribution in [1.29, 1.82) is 5.26 Å². The minimum absolute atomic E-state index is 0.249. The van der Waals surface area contributed by atoms with Crippen molar-refractivity contribution in [2.75, 3.05) is 12.0 Å². The number of ether oxygens (including phenoxy) is 1. The van der Waals surface area contributed by atoms with Crippen LogP contribution in [-0.4, -0.2) is 19.1 Å². The molecule has 1 aliphatic rings. The van der Waals surface area contributed by atoms with Gasteiger partial charge in [-0.3, -0.25) is 9.69 Å². The summed E-state index contributed by atoms with van der Waals surface area (Å²) in [5.41, 5.74) is 2.08. The van der Waals surface area contributed by atoms with Crippen molar-refractivity contribution < 1.29 is 9.53 Å². The molecule has 108 valence electrons. The van der Waals surface area contributed by atoms with E-state index >= 15 is 0 Å². The molecule has 0 saturated heterocycles.